The van der Waals surface area contributed by atoms with Crippen LogP contribution in [0.15, 0.2) is 53.3 Å². The van der Waals surface area contributed by atoms with Crippen molar-refractivity contribution in [2.45, 2.75) is 19.9 Å². The molecular weight excluding hydrogens is 513 g/mol. The molecule has 0 spiro atoms. The van der Waals surface area contributed by atoms with Crippen molar-refractivity contribution in [2.75, 3.05) is 0 Å². The van der Waals surface area contributed by atoms with Crippen LogP contribution in [0.4, 0.5) is 13.2 Å². The Morgan fingerprint density at radius 2 is 1.50 bits per heavy atom. The number of rotatable bonds is 7. The number of hydrogen-bond acceptors (Lipinski definition) is 5. The van der Waals surface area contributed by atoms with E-state index in [9.17, 15) is 22.5 Å². The molecule has 177 valence electrons. The number of pyridine rings is 1. The molecule has 34 heavy (non-hydrogen) atoms. The minimum Gasteiger partial charge on any atom is -0.457 e. The van der Waals surface area contributed by atoms with Crippen LogP contribution in [0.3, 0.4) is 0 Å². The average molecular weight is 529 g/mol. The summed E-state index contributed by atoms with van der Waals surface area (Å²) in [4.78, 5) is 33.5. The van der Waals surface area contributed by atoms with E-state index in [1.54, 1.807) is 0 Å². The van der Waals surface area contributed by atoms with Gasteiger partial charge < -0.3 is 24.2 Å². The second kappa shape index (κ2) is 11.3. The smallest absolute Gasteiger partial charge is 0.457 e. The number of ether oxygens (including phenoxy) is 2. The molecule has 1 aromatic heterocycles. The summed E-state index contributed by atoms with van der Waals surface area (Å²) in [5.41, 5.74) is 0.265. The molecule has 0 fully saturated rings. The third-order valence-electron chi connectivity index (χ3n) is 4.21. The number of nitrogens with one attached hydrogen (secondary N) is 1. The molecule has 0 bridgehead atoms. The summed E-state index contributed by atoms with van der Waals surface area (Å²) in [6.45, 7) is 0.952. The molecular formula is C20H16ClF3NNaO7P. The normalized spacial score (nSPS) is 11.6. The first-order valence-corrected chi connectivity index (χ1v) is 11.0. The number of phosphoric acid groups is 1. The predicted molar refractivity (Wildman–Crippen MR) is 118 cm³/mol. The van der Waals surface area contributed by atoms with Crippen molar-refractivity contribution in [3.63, 3.8) is 0 Å². The topological polar surface area (TPSA) is 118 Å². The monoisotopic (exact) mass is 528 g/mol. The summed E-state index contributed by atoms with van der Waals surface area (Å²) < 4.78 is 61.7. The Kier molecular flexibility index (Phi) is 9.43. The molecule has 0 saturated carbocycles. The second-order valence-electron chi connectivity index (χ2n) is 6.66. The Labute approximate surface area is 218 Å². The van der Waals surface area contributed by atoms with Crippen LogP contribution in [0, 0.1) is 6.92 Å². The quantitative estimate of drug-likeness (QED) is 0.294. The van der Waals surface area contributed by atoms with Gasteiger partial charge in [0.2, 0.25) is 5.43 Å². The van der Waals surface area contributed by atoms with Gasteiger partial charge in [0.05, 0.1) is 17.9 Å². The maximum Gasteiger partial charge on any atom is 0.573 e. The number of aromatic nitrogens is 1. The van der Waals surface area contributed by atoms with E-state index in [0.717, 1.165) is 12.1 Å². The zero-order valence-electron chi connectivity index (χ0n) is 17.7. The van der Waals surface area contributed by atoms with Crippen molar-refractivity contribution in [3.05, 3.63) is 75.2 Å². The Morgan fingerprint density at radius 3 is 2.00 bits per heavy atom. The van der Waals surface area contributed by atoms with Crippen LogP contribution in [0.25, 0.3) is 11.1 Å². The van der Waals surface area contributed by atoms with Gasteiger partial charge in [0.15, 0.2) is 0 Å². The average Bonchev–Trinajstić information content (AvgIpc) is 2.71. The van der Waals surface area contributed by atoms with E-state index >= 15 is 0 Å². The number of aromatic amines is 1. The summed E-state index contributed by atoms with van der Waals surface area (Å²) in [7, 11) is -4.79. The summed E-state index contributed by atoms with van der Waals surface area (Å²) in [5.74, 6) is 0.154. The first kappa shape index (κ1) is 28.4. The zero-order chi connectivity index (χ0) is 24.4. The minimum absolute atomic E-state index is 0. The van der Waals surface area contributed by atoms with Gasteiger partial charge >= 0.3 is 14.2 Å². The Hall–Kier alpha value is -1.82. The van der Waals surface area contributed by atoms with E-state index in [0.29, 0.717) is 17.0 Å². The number of H-pyrrole nitrogens is 1. The SMILES string of the molecule is Cc1[nH]c(COP(=O)(O)O)c(-c2ccc(Oc3ccc(OC(F)(F)F)cc3)cc2)c(=O)c1Cl.[Na]. The van der Waals surface area contributed by atoms with Gasteiger partial charge in [-0.05, 0) is 48.9 Å². The molecule has 3 aromatic rings. The van der Waals surface area contributed by atoms with Gasteiger partial charge in [0.1, 0.15) is 22.3 Å². The van der Waals surface area contributed by atoms with Gasteiger partial charge in [0.25, 0.3) is 0 Å². The van der Waals surface area contributed by atoms with Crippen molar-refractivity contribution in [1.29, 1.82) is 0 Å². The van der Waals surface area contributed by atoms with E-state index in [1.165, 1.54) is 43.3 Å². The van der Waals surface area contributed by atoms with Crippen LogP contribution in [0.5, 0.6) is 17.2 Å². The van der Waals surface area contributed by atoms with Gasteiger partial charge in [-0.15, -0.1) is 13.2 Å². The van der Waals surface area contributed by atoms with Crippen LogP contribution in [0.1, 0.15) is 11.4 Å². The fraction of sp³-hybridized carbons (Fsp3) is 0.150. The van der Waals surface area contributed by atoms with Gasteiger partial charge in [0, 0.05) is 35.3 Å². The van der Waals surface area contributed by atoms with Gasteiger partial charge in [-0.3, -0.25) is 9.32 Å². The largest absolute Gasteiger partial charge is 0.573 e. The Morgan fingerprint density at radius 1 is 1.00 bits per heavy atom. The fourth-order valence-electron chi connectivity index (χ4n) is 2.86. The molecule has 1 radical (unpaired) electrons. The molecule has 2 aromatic carbocycles. The molecule has 0 unspecified atom stereocenters. The standard InChI is InChI=1S/C20H16ClF3NO7P.Na/c1-11-18(21)19(26)17(16(25-11)10-30-33(27,28)29)12-2-4-13(5-3-12)31-14-6-8-15(9-7-14)32-20(22,23)24;/h2-9H,10H2,1H3,(H,25,26)(H2,27,28,29);. The van der Waals surface area contributed by atoms with Gasteiger partial charge in [-0.2, -0.15) is 0 Å². The predicted octanol–water partition coefficient (Wildman–Crippen LogP) is 4.92. The van der Waals surface area contributed by atoms with Crippen molar-refractivity contribution in [2.24, 2.45) is 0 Å². The van der Waals surface area contributed by atoms with Crippen molar-refractivity contribution >= 4 is 49.0 Å². The molecule has 0 saturated heterocycles. The first-order chi connectivity index (χ1) is 15.3. The van der Waals surface area contributed by atoms with Crippen LogP contribution in [-0.2, 0) is 15.7 Å². The molecule has 0 aliphatic carbocycles. The molecule has 0 amide bonds. The first-order valence-electron chi connectivity index (χ1n) is 9.08. The minimum atomic E-state index is -4.80. The summed E-state index contributed by atoms with van der Waals surface area (Å²) >= 11 is 6.04. The van der Waals surface area contributed by atoms with Crippen LogP contribution >= 0.6 is 19.4 Å². The van der Waals surface area contributed by atoms with Crippen molar-refractivity contribution < 1.29 is 41.5 Å². The van der Waals surface area contributed by atoms with E-state index < -0.39 is 32.0 Å². The number of phosphoric ester groups is 1. The van der Waals surface area contributed by atoms with Crippen molar-refractivity contribution in [3.8, 4) is 28.4 Å². The van der Waals surface area contributed by atoms with E-state index in [4.69, 9.17) is 26.1 Å². The van der Waals surface area contributed by atoms with E-state index in [2.05, 4.69) is 14.2 Å². The molecule has 3 rings (SSSR count). The van der Waals surface area contributed by atoms with Crippen LogP contribution in [-0.4, -0.2) is 50.7 Å². The number of benzene rings is 2. The maximum absolute atomic E-state index is 12.7. The van der Waals surface area contributed by atoms with E-state index in [1.807, 2.05) is 0 Å². The third kappa shape index (κ3) is 7.86. The Balaban J connectivity index is 0.00000408. The summed E-state index contributed by atoms with van der Waals surface area (Å²) in [6.07, 6.45) is -4.80. The third-order valence-corrected chi connectivity index (χ3v) is 5.13. The molecule has 1 heterocycles. The van der Waals surface area contributed by atoms with Crippen molar-refractivity contribution in [1.82, 2.24) is 4.98 Å². The molecule has 0 aliphatic rings. The number of alkyl halides is 3. The van der Waals surface area contributed by atoms with Crippen LogP contribution in [0.2, 0.25) is 5.02 Å². The van der Waals surface area contributed by atoms with Gasteiger partial charge in [-0.25, -0.2) is 4.57 Å². The number of hydrogen-bond donors (Lipinski definition) is 3. The maximum atomic E-state index is 12.7. The Bertz CT molecular complexity index is 1250. The van der Waals surface area contributed by atoms with Gasteiger partial charge in [-0.1, -0.05) is 23.7 Å². The molecule has 0 atom stereocenters. The molecule has 14 heteroatoms. The molecule has 0 aliphatic heterocycles. The van der Waals surface area contributed by atoms with E-state index in [-0.39, 0.29) is 51.6 Å². The summed E-state index contributed by atoms with van der Waals surface area (Å²) in [5, 5.41) is -0.0913. The summed E-state index contributed by atoms with van der Waals surface area (Å²) in [6, 6.07) is 10.8. The molecule has 3 N–H and O–H groups in total. The number of aryl methyl sites for hydroxylation is 1. The zero-order valence-corrected chi connectivity index (χ0v) is 21.4. The number of halogens is 4. The fourth-order valence-corrected chi connectivity index (χ4v) is 3.30. The second-order valence-corrected chi connectivity index (χ2v) is 8.27. The molecule has 8 nitrogen and oxygen atoms in total. The van der Waals surface area contributed by atoms with Crippen LogP contribution < -0.4 is 14.9 Å².